The number of nitrogens with one attached hydrogen (secondary N) is 1. The van der Waals surface area contributed by atoms with Crippen molar-refractivity contribution in [2.45, 2.75) is 38.7 Å². The number of rotatable bonds is 3. The van der Waals surface area contributed by atoms with E-state index in [0.717, 1.165) is 5.92 Å². The van der Waals surface area contributed by atoms with Crippen LogP contribution < -0.4 is 5.32 Å². The smallest absolute Gasteiger partial charge is 0.0541 e. The number of piperidine rings is 2. The van der Waals surface area contributed by atoms with E-state index in [4.69, 9.17) is 0 Å². The minimum Gasteiger partial charge on any atom is -0.393 e. The lowest BCUT2D eigenvalue weighted by Crippen LogP contribution is -2.41. The summed E-state index contributed by atoms with van der Waals surface area (Å²) in [6, 6.07) is 0. The first kappa shape index (κ1) is 15.2. The second kappa shape index (κ2) is 7.57. The van der Waals surface area contributed by atoms with Crippen LogP contribution in [0.25, 0.3) is 0 Å². The molecule has 2 saturated heterocycles. The van der Waals surface area contributed by atoms with Crippen LogP contribution in [0.4, 0.5) is 0 Å². The third kappa shape index (κ3) is 4.74. The van der Waals surface area contributed by atoms with Crippen LogP contribution in [0.3, 0.4) is 0 Å². The van der Waals surface area contributed by atoms with Crippen molar-refractivity contribution in [2.24, 2.45) is 11.8 Å². The molecule has 2 aliphatic rings. The van der Waals surface area contributed by atoms with Gasteiger partial charge in [0.25, 0.3) is 0 Å². The lowest BCUT2D eigenvalue weighted by Gasteiger charge is -2.36. The predicted molar refractivity (Wildman–Crippen MR) is 73.7 cm³/mol. The van der Waals surface area contributed by atoms with Gasteiger partial charge in [-0.1, -0.05) is 0 Å². The molecule has 0 saturated carbocycles. The molecule has 1 atom stereocenters. The van der Waals surface area contributed by atoms with Crippen molar-refractivity contribution in [3.8, 4) is 0 Å². The highest BCUT2D eigenvalue weighted by molar-refractivity contribution is 5.85. The Balaban J connectivity index is 0.00000144. The highest BCUT2D eigenvalue weighted by Crippen LogP contribution is 2.22. The van der Waals surface area contributed by atoms with Gasteiger partial charge in [0.1, 0.15) is 0 Å². The van der Waals surface area contributed by atoms with Gasteiger partial charge in [-0.05, 0) is 70.6 Å². The summed E-state index contributed by atoms with van der Waals surface area (Å²) in [4.78, 5) is 2.61. The third-order valence-corrected chi connectivity index (χ3v) is 4.29. The summed E-state index contributed by atoms with van der Waals surface area (Å²) in [6.45, 7) is 8.02. The van der Waals surface area contributed by atoms with Crippen molar-refractivity contribution >= 4 is 12.4 Å². The molecular weight excluding hydrogens is 236 g/mol. The highest BCUT2D eigenvalue weighted by Gasteiger charge is 2.24. The molecule has 2 fully saturated rings. The molecule has 17 heavy (non-hydrogen) atoms. The van der Waals surface area contributed by atoms with E-state index in [2.05, 4.69) is 10.2 Å². The zero-order chi connectivity index (χ0) is 11.4. The van der Waals surface area contributed by atoms with Gasteiger partial charge in [0, 0.05) is 6.54 Å². The summed E-state index contributed by atoms with van der Waals surface area (Å²) in [5.41, 5.74) is 0. The molecule has 2 aliphatic heterocycles. The second-order valence-electron chi connectivity index (χ2n) is 5.57. The summed E-state index contributed by atoms with van der Waals surface area (Å²) < 4.78 is 0. The highest BCUT2D eigenvalue weighted by atomic mass is 35.5. The molecule has 0 spiro atoms. The van der Waals surface area contributed by atoms with Crippen LogP contribution in [0.2, 0.25) is 0 Å². The molecule has 2 N–H and O–H groups in total. The average Bonchev–Trinajstić information content (AvgIpc) is 2.31. The van der Waals surface area contributed by atoms with E-state index in [0.29, 0.717) is 5.92 Å². The predicted octanol–water partition coefficient (Wildman–Crippen LogP) is 1.50. The monoisotopic (exact) mass is 262 g/mol. The number of aliphatic hydroxyl groups is 1. The zero-order valence-electron chi connectivity index (χ0n) is 10.9. The summed E-state index contributed by atoms with van der Waals surface area (Å²) in [5, 5.41) is 13.0. The fraction of sp³-hybridized carbons (Fsp3) is 1.00. The van der Waals surface area contributed by atoms with Crippen LogP contribution in [0.1, 0.15) is 32.6 Å². The van der Waals surface area contributed by atoms with E-state index in [1.165, 1.54) is 58.4 Å². The summed E-state index contributed by atoms with van der Waals surface area (Å²) in [6.07, 6.45) is 4.94. The number of hydrogen-bond acceptors (Lipinski definition) is 3. The molecule has 0 aromatic rings. The molecule has 0 aromatic heterocycles. The first-order valence-corrected chi connectivity index (χ1v) is 6.87. The van der Waals surface area contributed by atoms with E-state index in [1.54, 1.807) is 0 Å². The van der Waals surface area contributed by atoms with Crippen LogP contribution in [0.15, 0.2) is 0 Å². The largest absolute Gasteiger partial charge is 0.393 e. The zero-order valence-corrected chi connectivity index (χ0v) is 11.7. The fourth-order valence-corrected chi connectivity index (χ4v) is 3.05. The Morgan fingerprint density at radius 2 is 1.76 bits per heavy atom. The van der Waals surface area contributed by atoms with Gasteiger partial charge < -0.3 is 15.3 Å². The molecule has 102 valence electrons. The van der Waals surface area contributed by atoms with E-state index in [-0.39, 0.29) is 18.5 Å². The number of aliphatic hydroxyl groups excluding tert-OH is 1. The van der Waals surface area contributed by atoms with Gasteiger partial charge in [0.05, 0.1) is 6.10 Å². The van der Waals surface area contributed by atoms with Gasteiger partial charge in [-0.3, -0.25) is 0 Å². The van der Waals surface area contributed by atoms with Crippen LogP contribution >= 0.6 is 12.4 Å². The van der Waals surface area contributed by atoms with Gasteiger partial charge in [0.15, 0.2) is 0 Å². The lowest BCUT2D eigenvalue weighted by molar-refractivity contribution is 0.0643. The Hall–Kier alpha value is 0.170. The Labute approximate surface area is 111 Å². The molecule has 1 unspecified atom stereocenters. The SMILES string of the molecule is CC(O)C1CCN(CC2CCNCC2)CC1.Cl. The topological polar surface area (TPSA) is 35.5 Å². The summed E-state index contributed by atoms with van der Waals surface area (Å²) in [7, 11) is 0. The van der Waals surface area contributed by atoms with Crippen molar-refractivity contribution in [3.05, 3.63) is 0 Å². The van der Waals surface area contributed by atoms with Crippen LogP contribution in [-0.2, 0) is 0 Å². The molecule has 0 radical (unpaired) electrons. The molecule has 3 nitrogen and oxygen atoms in total. The van der Waals surface area contributed by atoms with Crippen molar-refractivity contribution < 1.29 is 5.11 Å². The van der Waals surface area contributed by atoms with Gasteiger partial charge >= 0.3 is 0 Å². The maximum absolute atomic E-state index is 9.56. The van der Waals surface area contributed by atoms with E-state index in [9.17, 15) is 5.11 Å². The van der Waals surface area contributed by atoms with Gasteiger partial charge in [-0.2, -0.15) is 0 Å². The molecule has 2 rings (SSSR count). The minimum absolute atomic E-state index is 0. The van der Waals surface area contributed by atoms with Gasteiger partial charge in [-0.25, -0.2) is 0 Å². The maximum atomic E-state index is 9.56. The number of hydrogen-bond donors (Lipinski definition) is 2. The molecule has 0 bridgehead atoms. The first-order valence-electron chi connectivity index (χ1n) is 6.87. The van der Waals surface area contributed by atoms with Crippen molar-refractivity contribution in [3.63, 3.8) is 0 Å². The Kier molecular flexibility index (Phi) is 6.78. The molecule has 4 heteroatoms. The fourth-order valence-electron chi connectivity index (χ4n) is 3.05. The molecule has 2 heterocycles. The van der Waals surface area contributed by atoms with E-state index < -0.39 is 0 Å². The molecule has 0 aliphatic carbocycles. The average molecular weight is 263 g/mol. The Bertz CT molecular complexity index is 200. The third-order valence-electron chi connectivity index (χ3n) is 4.29. The molecule has 0 amide bonds. The second-order valence-corrected chi connectivity index (χ2v) is 5.57. The van der Waals surface area contributed by atoms with Crippen LogP contribution in [0.5, 0.6) is 0 Å². The minimum atomic E-state index is -0.110. The molecular formula is C13H27ClN2O. The Morgan fingerprint density at radius 3 is 2.29 bits per heavy atom. The van der Waals surface area contributed by atoms with Gasteiger partial charge in [0.2, 0.25) is 0 Å². The van der Waals surface area contributed by atoms with Crippen molar-refractivity contribution in [2.75, 3.05) is 32.7 Å². The lowest BCUT2D eigenvalue weighted by atomic mass is 9.90. The maximum Gasteiger partial charge on any atom is 0.0541 e. The van der Waals surface area contributed by atoms with E-state index >= 15 is 0 Å². The van der Waals surface area contributed by atoms with Crippen LogP contribution in [0, 0.1) is 11.8 Å². The number of halogens is 1. The number of likely N-dealkylation sites (tertiary alicyclic amines) is 1. The number of nitrogens with zero attached hydrogens (tertiary/aromatic N) is 1. The first-order chi connectivity index (χ1) is 7.75. The quantitative estimate of drug-likeness (QED) is 0.809. The normalized spacial score (nSPS) is 26.5. The van der Waals surface area contributed by atoms with Gasteiger partial charge in [-0.15, -0.1) is 12.4 Å². The Morgan fingerprint density at radius 1 is 1.18 bits per heavy atom. The molecule has 0 aromatic carbocycles. The van der Waals surface area contributed by atoms with Crippen molar-refractivity contribution in [1.29, 1.82) is 0 Å². The summed E-state index contributed by atoms with van der Waals surface area (Å²) >= 11 is 0. The van der Waals surface area contributed by atoms with Crippen LogP contribution in [-0.4, -0.2) is 48.8 Å². The van der Waals surface area contributed by atoms with E-state index in [1.807, 2.05) is 6.92 Å². The van der Waals surface area contributed by atoms with Crippen molar-refractivity contribution in [1.82, 2.24) is 10.2 Å². The summed E-state index contributed by atoms with van der Waals surface area (Å²) in [5.74, 6) is 1.45. The standard InChI is InChI=1S/C13H26N2O.ClH/c1-11(16)13-4-8-15(9-5-13)10-12-2-6-14-7-3-12;/h11-14,16H,2-10H2,1H3;1H.